The zero-order valence-electron chi connectivity index (χ0n) is 11.4. The van der Waals surface area contributed by atoms with E-state index in [1.807, 2.05) is 0 Å². The average molecular weight is 252 g/mol. The molecule has 0 aromatic carbocycles. The lowest BCUT2D eigenvalue weighted by Gasteiger charge is -2.22. The molecule has 0 spiro atoms. The molecule has 0 amide bonds. The van der Waals surface area contributed by atoms with Crippen LogP contribution in [0.4, 0.5) is 0 Å². The van der Waals surface area contributed by atoms with Crippen LogP contribution >= 0.6 is 0 Å². The molecule has 1 unspecified atom stereocenters. The molecule has 0 aromatic rings. The van der Waals surface area contributed by atoms with Gasteiger partial charge in [0.2, 0.25) is 0 Å². The van der Waals surface area contributed by atoms with Crippen molar-refractivity contribution in [2.45, 2.75) is 32.7 Å². The van der Waals surface area contributed by atoms with E-state index in [0.29, 0.717) is 22.8 Å². The first-order valence-corrected chi connectivity index (χ1v) is 6.29. The molecule has 1 aliphatic rings. The summed E-state index contributed by atoms with van der Waals surface area (Å²) in [4.78, 5) is 4.67. The van der Waals surface area contributed by atoms with Gasteiger partial charge >= 0.3 is 0 Å². The van der Waals surface area contributed by atoms with E-state index in [1.54, 1.807) is 20.9 Å². The average Bonchev–Trinajstić information content (AvgIpc) is 2.29. The second-order valence-corrected chi connectivity index (χ2v) is 4.54. The molecular formula is C12H24N6. The van der Waals surface area contributed by atoms with Gasteiger partial charge in [-0.25, -0.2) is 5.43 Å². The molecule has 1 rings (SSSR count). The number of hydrazine groups is 1. The highest BCUT2D eigenvalue weighted by Gasteiger charge is 2.16. The zero-order valence-corrected chi connectivity index (χ0v) is 11.4. The Morgan fingerprint density at radius 1 is 1.44 bits per heavy atom. The van der Waals surface area contributed by atoms with E-state index >= 15 is 0 Å². The van der Waals surface area contributed by atoms with Crippen LogP contribution in [-0.4, -0.2) is 37.7 Å². The number of nitrogens with zero attached hydrogens (tertiary/aromatic N) is 1. The number of piperidine rings is 1. The number of amidine groups is 1. The van der Waals surface area contributed by atoms with Gasteiger partial charge < -0.3 is 21.9 Å². The highest BCUT2D eigenvalue weighted by Crippen LogP contribution is 2.09. The molecule has 1 saturated heterocycles. The van der Waals surface area contributed by atoms with Crippen LogP contribution in [0.2, 0.25) is 0 Å². The Morgan fingerprint density at radius 3 is 2.61 bits per heavy atom. The van der Waals surface area contributed by atoms with Crippen LogP contribution in [0.1, 0.15) is 26.7 Å². The summed E-state index contributed by atoms with van der Waals surface area (Å²) in [5.74, 6) is 0.652. The minimum absolute atomic E-state index is 0.239. The molecule has 0 aromatic heterocycles. The predicted molar refractivity (Wildman–Crippen MR) is 75.8 cm³/mol. The molecule has 0 bridgehead atoms. The smallest absolute Gasteiger partial charge is 0.146 e. The summed E-state index contributed by atoms with van der Waals surface area (Å²) in [6, 6.07) is 0.239. The molecule has 1 aliphatic heterocycles. The monoisotopic (exact) mass is 252 g/mol. The number of hydrogen-bond donors (Lipinski definition) is 5. The van der Waals surface area contributed by atoms with E-state index in [-0.39, 0.29) is 6.04 Å². The second kappa shape index (κ2) is 7.13. The van der Waals surface area contributed by atoms with Crippen molar-refractivity contribution in [1.29, 1.82) is 5.41 Å². The molecule has 18 heavy (non-hydrogen) atoms. The minimum Gasteiger partial charge on any atom is -0.402 e. The standard InChI is InChI=1S/C12H24N6/c1-8(13)11(9(2)14)12(18-15-3)17-10-5-4-6-16-7-10/h10,13,15-16H,4-7,14H2,1-3H3,(H,17,18). The van der Waals surface area contributed by atoms with Gasteiger partial charge in [0.15, 0.2) is 0 Å². The number of hydrogen-bond acceptors (Lipinski definition) is 5. The van der Waals surface area contributed by atoms with Crippen molar-refractivity contribution >= 4 is 11.5 Å². The maximum atomic E-state index is 7.81. The van der Waals surface area contributed by atoms with Crippen LogP contribution in [0.5, 0.6) is 0 Å². The molecule has 1 atom stereocenters. The summed E-state index contributed by atoms with van der Waals surface area (Å²) in [5, 5.41) is 11.1. The third kappa shape index (κ3) is 4.12. The van der Waals surface area contributed by atoms with E-state index in [4.69, 9.17) is 11.1 Å². The highest BCUT2D eigenvalue weighted by atomic mass is 15.4. The Balaban J connectivity index is 2.96. The van der Waals surface area contributed by atoms with Crippen molar-refractivity contribution in [2.24, 2.45) is 10.7 Å². The molecule has 6 N–H and O–H groups in total. The van der Waals surface area contributed by atoms with Gasteiger partial charge in [0, 0.05) is 25.0 Å². The fraction of sp³-hybridized carbons (Fsp3) is 0.667. The summed E-state index contributed by atoms with van der Waals surface area (Å²) < 4.78 is 0. The van der Waals surface area contributed by atoms with Gasteiger partial charge in [0.05, 0.1) is 11.6 Å². The van der Waals surface area contributed by atoms with E-state index in [9.17, 15) is 0 Å². The van der Waals surface area contributed by atoms with Crippen molar-refractivity contribution in [3.05, 3.63) is 11.3 Å². The summed E-state index contributed by atoms with van der Waals surface area (Å²) >= 11 is 0. The molecule has 6 nitrogen and oxygen atoms in total. The van der Waals surface area contributed by atoms with Gasteiger partial charge in [-0.05, 0) is 33.2 Å². The lowest BCUT2D eigenvalue weighted by atomic mass is 10.1. The van der Waals surface area contributed by atoms with Crippen molar-refractivity contribution in [2.75, 3.05) is 20.1 Å². The fourth-order valence-electron chi connectivity index (χ4n) is 2.06. The largest absolute Gasteiger partial charge is 0.402 e. The first kappa shape index (κ1) is 14.7. The number of aliphatic imine (C=N–C) groups is 1. The molecule has 0 radical (unpaired) electrons. The number of nitrogens with one attached hydrogen (secondary N) is 4. The summed E-state index contributed by atoms with van der Waals surface area (Å²) in [5.41, 5.74) is 13.4. The topological polar surface area (TPSA) is 98.3 Å². The van der Waals surface area contributed by atoms with Crippen molar-refractivity contribution < 1.29 is 0 Å². The number of allylic oxidation sites excluding steroid dienone is 1. The van der Waals surface area contributed by atoms with Crippen LogP contribution in [0, 0.1) is 5.41 Å². The predicted octanol–water partition coefficient (Wildman–Crippen LogP) is 0.133. The Labute approximate surface area is 109 Å². The maximum absolute atomic E-state index is 7.81. The molecule has 1 fully saturated rings. The SMILES string of the molecule is CNNC(=NC1CCCNC1)C(C(C)=N)=C(C)N. The number of rotatable bonds is 4. The molecular weight excluding hydrogens is 228 g/mol. The summed E-state index contributed by atoms with van der Waals surface area (Å²) in [7, 11) is 1.78. The highest BCUT2D eigenvalue weighted by molar-refractivity contribution is 6.22. The Hall–Kier alpha value is -1.40. The van der Waals surface area contributed by atoms with Crippen LogP contribution in [0.15, 0.2) is 16.3 Å². The quantitative estimate of drug-likeness (QED) is 0.279. The molecule has 102 valence electrons. The van der Waals surface area contributed by atoms with Crippen LogP contribution in [0.25, 0.3) is 0 Å². The zero-order chi connectivity index (χ0) is 13.5. The van der Waals surface area contributed by atoms with Crippen molar-refractivity contribution in [1.82, 2.24) is 16.2 Å². The van der Waals surface area contributed by atoms with Gasteiger partial charge in [-0.1, -0.05) is 0 Å². The number of nitrogens with two attached hydrogens (primary N) is 1. The fourth-order valence-corrected chi connectivity index (χ4v) is 2.06. The summed E-state index contributed by atoms with van der Waals surface area (Å²) in [6.45, 7) is 5.45. The van der Waals surface area contributed by atoms with Gasteiger partial charge in [0.1, 0.15) is 5.84 Å². The van der Waals surface area contributed by atoms with Crippen LogP contribution < -0.4 is 21.9 Å². The van der Waals surface area contributed by atoms with Gasteiger partial charge in [-0.3, -0.25) is 4.99 Å². The van der Waals surface area contributed by atoms with Gasteiger partial charge in [-0.2, -0.15) is 0 Å². The van der Waals surface area contributed by atoms with E-state index in [2.05, 4.69) is 21.2 Å². The van der Waals surface area contributed by atoms with Gasteiger partial charge in [0.25, 0.3) is 0 Å². The minimum atomic E-state index is 0.239. The first-order valence-electron chi connectivity index (χ1n) is 6.29. The molecule has 0 aliphatic carbocycles. The van der Waals surface area contributed by atoms with Gasteiger partial charge in [-0.15, -0.1) is 0 Å². The maximum Gasteiger partial charge on any atom is 0.146 e. The van der Waals surface area contributed by atoms with Crippen LogP contribution in [-0.2, 0) is 0 Å². The van der Waals surface area contributed by atoms with Crippen LogP contribution in [0.3, 0.4) is 0 Å². The van der Waals surface area contributed by atoms with E-state index in [1.165, 1.54) is 0 Å². The Bertz CT molecular complexity index is 348. The summed E-state index contributed by atoms with van der Waals surface area (Å²) in [6.07, 6.45) is 2.20. The third-order valence-electron chi connectivity index (χ3n) is 2.83. The molecule has 6 heteroatoms. The normalized spacial score (nSPS) is 22.4. The molecule has 1 heterocycles. The third-order valence-corrected chi connectivity index (χ3v) is 2.83. The lowest BCUT2D eigenvalue weighted by molar-refractivity contribution is 0.459. The van der Waals surface area contributed by atoms with Crippen molar-refractivity contribution in [3.63, 3.8) is 0 Å². The Kier molecular flexibility index (Phi) is 5.80. The lowest BCUT2D eigenvalue weighted by Crippen LogP contribution is -2.41. The van der Waals surface area contributed by atoms with E-state index < -0.39 is 0 Å². The Morgan fingerprint density at radius 2 is 2.17 bits per heavy atom. The molecule has 0 saturated carbocycles. The first-order chi connectivity index (χ1) is 8.56. The van der Waals surface area contributed by atoms with E-state index in [0.717, 1.165) is 25.9 Å². The van der Waals surface area contributed by atoms with Crippen molar-refractivity contribution in [3.8, 4) is 0 Å². The second-order valence-electron chi connectivity index (χ2n) is 4.54.